The van der Waals surface area contributed by atoms with Crippen LogP contribution in [0.2, 0.25) is 0 Å². The molecule has 56 heavy (non-hydrogen) atoms. The first-order valence-electron chi connectivity index (χ1n) is 19.0. The van der Waals surface area contributed by atoms with E-state index in [2.05, 4.69) is 146 Å². The Hall–Kier alpha value is -6.95. The van der Waals surface area contributed by atoms with Gasteiger partial charge in [-0.05, 0) is 68.6 Å². The van der Waals surface area contributed by atoms with Gasteiger partial charge in [0.1, 0.15) is 11.2 Å². The number of furan rings is 1. The van der Waals surface area contributed by atoms with Gasteiger partial charge in [0, 0.05) is 54.3 Å². The number of fused-ring (bicyclic) bond motifs is 11. The summed E-state index contributed by atoms with van der Waals surface area (Å²) < 4.78 is 7.86. The standard InChI is InChI=1S/C51H31N3OS/c1-2-12-32(13-3-1)49-52-50(35-23-25-37-33(28-35)21-20-30-10-4-6-14-36(30)37)54-51(53-49)41-17-8-18-44-46(41)42-29-34(24-27-43(42)55-44)38-16-9-19-45-47(38)40-26-22-31-11-5-7-15-39(31)48(40)56-45/h1-29,31,39H. The topological polar surface area (TPSA) is 51.8 Å². The van der Waals surface area contributed by atoms with E-state index in [-0.39, 0.29) is 0 Å². The monoisotopic (exact) mass is 733 g/mol. The fourth-order valence-corrected chi connectivity index (χ4v) is 10.2. The second-order valence-electron chi connectivity index (χ2n) is 14.7. The number of hydrogen-bond acceptors (Lipinski definition) is 5. The largest absolute Gasteiger partial charge is 0.456 e. The lowest BCUT2D eigenvalue weighted by atomic mass is 9.81. The highest BCUT2D eigenvalue weighted by Gasteiger charge is 2.28. The van der Waals surface area contributed by atoms with Crippen LogP contribution >= 0.6 is 11.3 Å². The van der Waals surface area contributed by atoms with Crippen molar-refractivity contribution < 1.29 is 4.42 Å². The maximum Gasteiger partial charge on any atom is 0.164 e. The highest BCUT2D eigenvalue weighted by Crippen LogP contribution is 2.49. The molecule has 3 heterocycles. The van der Waals surface area contributed by atoms with E-state index >= 15 is 0 Å². The summed E-state index contributed by atoms with van der Waals surface area (Å²) in [5, 5.41) is 8.14. The van der Waals surface area contributed by atoms with Gasteiger partial charge in [0.05, 0.1) is 0 Å². The summed E-state index contributed by atoms with van der Waals surface area (Å²) >= 11 is 1.92. The van der Waals surface area contributed by atoms with Gasteiger partial charge in [-0.25, -0.2) is 15.0 Å². The number of allylic oxidation sites excluding steroid dienone is 5. The molecule has 262 valence electrons. The first-order valence-corrected chi connectivity index (χ1v) is 19.8. The summed E-state index contributed by atoms with van der Waals surface area (Å²) in [5.41, 5.74) is 8.13. The fourth-order valence-electron chi connectivity index (χ4n) is 8.80. The number of thiophene rings is 1. The molecule has 0 bridgehead atoms. The van der Waals surface area contributed by atoms with Gasteiger partial charge in [0.15, 0.2) is 17.5 Å². The highest BCUT2D eigenvalue weighted by molar-refractivity contribution is 7.19. The zero-order valence-electron chi connectivity index (χ0n) is 30.1. The second-order valence-corrected chi connectivity index (χ2v) is 15.8. The third-order valence-corrected chi connectivity index (χ3v) is 12.7. The average Bonchev–Trinajstić information content (AvgIpc) is 3.85. The Bertz CT molecular complexity index is 3330. The Kier molecular flexibility index (Phi) is 6.89. The van der Waals surface area contributed by atoms with E-state index < -0.39 is 0 Å². The average molecular weight is 734 g/mol. The summed E-state index contributed by atoms with van der Waals surface area (Å²) in [5.74, 6) is 2.66. The first-order chi connectivity index (χ1) is 27.7. The Morgan fingerprint density at radius 1 is 0.482 bits per heavy atom. The Balaban J connectivity index is 1.04. The van der Waals surface area contributed by atoms with Gasteiger partial charge >= 0.3 is 0 Å². The van der Waals surface area contributed by atoms with E-state index in [1.165, 1.54) is 42.2 Å². The lowest BCUT2D eigenvalue weighted by Gasteiger charge is -2.24. The molecule has 3 aromatic heterocycles. The molecule has 4 nitrogen and oxygen atoms in total. The lowest BCUT2D eigenvalue weighted by Crippen LogP contribution is -2.11. The van der Waals surface area contributed by atoms with Gasteiger partial charge in [0.25, 0.3) is 0 Å². The molecule has 0 saturated carbocycles. The van der Waals surface area contributed by atoms with Gasteiger partial charge in [-0.15, -0.1) is 11.3 Å². The predicted octanol–water partition coefficient (Wildman–Crippen LogP) is 13.8. The summed E-state index contributed by atoms with van der Waals surface area (Å²) in [6.45, 7) is 0. The lowest BCUT2D eigenvalue weighted by molar-refractivity contribution is 0.669. The normalized spacial score (nSPS) is 16.0. The highest BCUT2D eigenvalue weighted by atomic mass is 32.1. The van der Waals surface area contributed by atoms with Gasteiger partial charge in [-0.2, -0.15) is 0 Å². The first kappa shape index (κ1) is 31.4. The Morgan fingerprint density at radius 2 is 1.25 bits per heavy atom. The van der Waals surface area contributed by atoms with Crippen molar-refractivity contribution in [3.05, 3.63) is 180 Å². The van der Waals surface area contributed by atoms with E-state index in [0.717, 1.165) is 49.6 Å². The van der Waals surface area contributed by atoms with Crippen molar-refractivity contribution in [3.63, 3.8) is 0 Å². The zero-order valence-corrected chi connectivity index (χ0v) is 30.9. The molecule has 2 atom stereocenters. The molecule has 0 saturated heterocycles. The number of hydrogen-bond donors (Lipinski definition) is 0. The van der Waals surface area contributed by atoms with Crippen LogP contribution in [-0.2, 0) is 0 Å². The summed E-state index contributed by atoms with van der Waals surface area (Å²) in [6.07, 6.45) is 13.7. The van der Waals surface area contributed by atoms with Gasteiger partial charge in [-0.3, -0.25) is 0 Å². The van der Waals surface area contributed by atoms with Crippen LogP contribution in [0.1, 0.15) is 16.4 Å². The molecule has 7 aromatic carbocycles. The van der Waals surface area contributed by atoms with Crippen molar-refractivity contribution >= 4 is 71.0 Å². The molecule has 12 rings (SSSR count). The van der Waals surface area contributed by atoms with Crippen molar-refractivity contribution in [3.8, 4) is 45.3 Å². The van der Waals surface area contributed by atoms with Crippen molar-refractivity contribution in [2.24, 2.45) is 5.92 Å². The SMILES string of the molecule is C1=CC2C=Cc3c(sc4cccc(-c5ccc6oc7cccc(-c8nc(-c9ccccc9)nc(-c9ccc%10c(ccc%11ccccc%11%10)c9)n8)c7c6c5)c34)C2C=C1. The minimum absolute atomic E-state index is 0.383. The Labute approximate surface area is 326 Å². The van der Waals surface area contributed by atoms with Gasteiger partial charge in [-0.1, -0.05) is 146 Å². The van der Waals surface area contributed by atoms with Crippen LogP contribution in [0.3, 0.4) is 0 Å². The molecule has 2 aliphatic carbocycles. The number of benzene rings is 7. The number of aromatic nitrogens is 3. The molecule has 0 spiro atoms. The van der Waals surface area contributed by atoms with Crippen molar-refractivity contribution in [2.45, 2.75) is 5.92 Å². The Morgan fingerprint density at radius 3 is 2.20 bits per heavy atom. The molecule has 10 aromatic rings. The molecular weight excluding hydrogens is 703 g/mol. The molecule has 0 amide bonds. The van der Waals surface area contributed by atoms with E-state index in [0.29, 0.717) is 29.3 Å². The third kappa shape index (κ3) is 4.88. The maximum atomic E-state index is 6.55. The van der Waals surface area contributed by atoms with E-state index in [1.807, 2.05) is 41.7 Å². The summed E-state index contributed by atoms with van der Waals surface area (Å²) in [4.78, 5) is 16.9. The fraction of sp³-hybridized carbons (Fsp3) is 0.0392. The van der Waals surface area contributed by atoms with Gasteiger partial charge < -0.3 is 4.42 Å². The van der Waals surface area contributed by atoms with Crippen LogP contribution < -0.4 is 0 Å². The van der Waals surface area contributed by atoms with Gasteiger partial charge in [0.2, 0.25) is 0 Å². The van der Waals surface area contributed by atoms with Crippen LogP contribution in [0.4, 0.5) is 0 Å². The number of rotatable bonds is 4. The van der Waals surface area contributed by atoms with Crippen LogP contribution in [0.15, 0.2) is 174 Å². The van der Waals surface area contributed by atoms with Crippen LogP contribution in [0.5, 0.6) is 0 Å². The predicted molar refractivity (Wildman–Crippen MR) is 233 cm³/mol. The molecule has 0 N–H and O–H groups in total. The van der Waals surface area contributed by atoms with Crippen LogP contribution in [-0.4, -0.2) is 15.0 Å². The molecule has 2 unspecified atom stereocenters. The van der Waals surface area contributed by atoms with E-state index in [4.69, 9.17) is 19.4 Å². The van der Waals surface area contributed by atoms with E-state index in [9.17, 15) is 0 Å². The smallest absolute Gasteiger partial charge is 0.164 e. The maximum absolute atomic E-state index is 6.55. The second kappa shape index (κ2) is 12.3. The number of nitrogens with zero attached hydrogens (tertiary/aromatic N) is 3. The summed E-state index contributed by atoms with van der Waals surface area (Å²) in [6, 6.07) is 49.0. The van der Waals surface area contributed by atoms with Crippen molar-refractivity contribution in [1.29, 1.82) is 0 Å². The minimum Gasteiger partial charge on any atom is -0.456 e. The van der Waals surface area contributed by atoms with Crippen LogP contribution in [0.25, 0.3) is 105 Å². The quantitative estimate of drug-likeness (QED) is 0.169. The van der Waals surface area contributed by atoms with Crippen molar-refractivity contribution in [1.82, 2.24) is 15.0 Å². The summed E-state index contributed by atoms with van der Waals surface area (Å²) in [7, 11) is 0. The molecule has 5 heteroatoms. The molecular formula is C51H31N3OS. The molecule has 0 fully saturated rings. The molecule has 0 radical (unpaired) electrons. The van der Waals surface area contributed by atoms with Crippen molar-refractivity contribution in [2.75, 3.05) is 0 Å². The van der Waals surface area contributed by atoms with Crippen LogP contribution in [0, 0.1) is 5.92 Å². The zero-order chi connectivity index (χ0) is 36.7. The third-order valence-electron chi connectivity index (χ3n) is 11.5. The van der Waals surface area contributed by atoms with E-state index in [1.54, 1.807) is 0 Å². The minimum atomic E-state index is 0.383. The molecule has 2 aliphatic rings. The molecule has 0 aliphatic heterocycles.